The topological polar surface area (TPSA) is 276 Å². The summed E-state index contributed by atoms with van der Waals surface area (Å²) in [5.41, 5.74) is 16.5. The summed E-state index contributed by atoms with van der Waals surface area (Å²) in [5.74, 6) is 2.19. The molecule has 21 heteroatoms. The minimum absolute atomic E-state index is 0. The van der Waals surface area contributed by atoms with Gasteiger partial charge in [-0.05, 0) is 138 Å². The third-order valence-corrected chi connectivity index (χ3v) is 14.0. The SMILES string of the molecule is C.C=O.CC(C)(C)OC(=O)N1CCC(COc2cnc(-c3cccc(Cn4nc(-c5cccc(C(N)=O)c5)ccc4=O)c3)nc2)CC1.CN1CCC(COc2cnc(-c3cccc(Cn4nc(-c5cccc(C(N)=O)c5)ccc4=O)c3)nc2)CC1. The first-order valence-corrected chi connectivity index (χ1v) is 27.5. The second kappa shape index (κ2) is 29.5. The molecule has 0 spiro atoms. The van der Waals surface area contributed by atoms with Crippen LogP contribution in [0.4, 0.5) is 4.79 Å². The quantitative estimate of drug-likeness (QED) is 0.0921. The van der Waals surface area contributed by atoms with Gasteiger partial charge in [-0.3, -0.25) is 19.2 Å². The Morgan fingerprint density at radius 1 is 0.553 bits per heavy atom. The van der Waals surface area contributed by atoms with Crippen molar-refractivity contribution in [3.05, 3.63) is 189 Å². The monoisotopic (exact) mass is 1150 g/mol. The van der Waals surface area contributed by atoms with E-state index >= 15 is 0 Å². The third kappa shape index (κ3) is 17.9. The predicted molar refractivity (Wildman–Crippen MR) is 324 cm³/mol. The number of ether oxygens (including phenoxy) is 3. The molecule has 2 aliphatic rings. The van der Waals surface area contributed by atoms with Crippen molar-refractivity contribution in [2.45, 2.75) is 72.6 Å². The number of carbonyl (C=O) groups is 4. The summed E-state index contributed by atoms with van der Waals surface area (Å²) in [7, 11) is 2.15. The normalized spacial score (nSPS) is 13.6. The highest BCUT2D eigenvalue weighted by Crippen LogP contribution is 2.26. The van der Waals surface area contributed by atoms with Crippen LogP contribution in [0.15, 0.2) is 156 Å². The van der Waals surface area contributed by atoms with Gasteiger partial charge in [0.25, 0.3) is 11.1 Å². The van der Waals surface area contributed by atoms with E-state index in [0.29, 0.717) is 94.9 Å². The second-order valence-electron chi connectivity index (χ2n) is 21.5. The molecular weight excluding hydrogens is 1080 g/mol. The molecule has 10 rings (SSSR count). The molecular formula is C64H72N12O9. The highest BCUT2D eigenvalue weighted by Gasteiger charge is 2.27. The van der Waals surface area contributed by atoms with Gasteiger partial charge in [0.15, 0.2) is 23.1 Å². The zero-order valence-corrected chi connectivity index (χ0v) is 47.5. The maximum atomic E-state index is 12.6. The first kappa shape index (κ1) is 62.8. The van der Waals surface area contributed by atoms with Crippen molar-refractivity contribution in [1.82, 2.24) is 49.3 Å². The van der Waals surface area contributed by atoms with Crippen LogP contribution in [0, 0.1) is 11.8 Å². The third-order valence-electron chi connectivity index (χ3n) is 14.0. The van der Waals surface area contributed by atoms with Crippen LogP contribution in [0.1, 0.15) is 85.7 Å². The molecule has 8 aromatic rings. The van der Waals surface area contributed by atoms with E-state index in [-0.39, 0.29) is 37.7 Å². The highest BCUT2D eigenvalue weighted by molar-refractivity contribution is 5.94. The molecule has 4 N–H and O–H groups in total. The molecule has 4 aromatic carbocycles. The minimum atomic E-state index is -0.531. The fraction of sp³-hybridized carbons (Fsp3) is 0.312. The molecule has 0 radical (unpaired) electrons. The average molecular weight is 1150 g/mol. The van der Waals surface area contributed by atoms with Gasteiger partial charge in [0, 0.05) is 58.6 Å². The Bertz CT molecular complexity index is 3660. The number of benzene rings is 4. The number of hydrogen-bond acceptors (Lipinski definition) is 16. The summed E-state index contributed by atoms with van der Waals surface area (Å²) in [4.78, 5) is 90.7. The lowest BCUT2D eigenvalue weighted by Crippen LogP contribution is -2.42. The summed E-state index contributed by atoms with van der Waals surface area (Å²) in [5, 5.41) is 9.03. The molecule has 2 fully saturated rings. The molecule has 442 valence electrons. The second-order valence-corrected chi connectivity index (χ2v) is 21.5. The Morgan fingerprint density at radius 2 is 0.941 bits per heavy atom. The lowest BCUT2D eigenvalue weighted by atomic mass is 9.98. The van der Waals surface area contributed by atoms with Crippen molar-refractivity contribution in [1.29, 1.82) is 0 Å². The number of carbonyl (C=O) groups excluding carboxylic acids is 4. The molecule has 2 aliphatic heterocycles. The Labute approximate surface area is 493 Å². The van der Waals surface area contributed by atoms with Crippen molar-refractivity contribution in [2.75, 3.05) is 46.4 Å². The van der Waals surface area contributed by atoms with Gasteiger partial charge < -0.3 is 40.3 Å². The Kier molecular flexibility index (Phi) is 21.8. The van der Waals surface area contributed by atoms with Gasteiger partial charge in [0.1, 0.15) is 12.4 Å². The zero-order chi connectivity index (χ0) is 59.8. The van der Waals surface area contributed by atoms with E-state index in [0.717, 1.165) is 61.0 Å². The van der Waals surface area contributed by atoms with Gasteiger partial charge in [-0.1, -0.05) is 68.1 Å². The summed E-state index contributed by atoms with van der Waals surface area (Å²) < 4.78 is 20.1. The van der Waals surface area contributed by atoms with Crippen LogP contribution in [-0.2, 0) is 22.6 Å². The van der Waals surface area contributed by atoms with Crippen LogP contribution in [-0.4, -0.2) is 126 Å². The van der Waals surface area contributed by atoms with Gasteiger partial charge >= 0.3 is 6.09 Å². The standard InChI is InChI=1S/C33H36N6O5.C29H30N6O3.CH2O.CH4/c1-33(2,3)44-32(42)38-14-12-22(13-15-38)21-43-27-18-35-31(36-19-27)26-9-4-6-23(16-26)20-39-29(40)11-10-28(37-39)24-7-5-8-25(17-24)30(34)41;1-34-12-10-20(11-13-34)19-38-25-16-31-29(32-17-25)24-7-2-4-21(14-24)18-35-27(36)9-8-26(33-35)22-5-3-6-23(15-22)28(30)37;1-2;/h4-11,16-19,22H,12-15,20-21H2,1-3H3,(H2,34,41);2-9,14-17,20H,10-13,18-19H2,1H3,(H2,30,37);1H2;1H4. The van der Waals surface area contributed by atoms with E-state index < -0.39 is 17.4 Å². The van der Waals surface area contributed by atoms with E-state index in [4.69, 9.17) is 30.5 Å². The van der Waals surface area contributed by atoms with Crippen molar-refractivity contribution in [3.8, 4) is 56.8 Å². The van der Waals surface area contributed by atoms with Crippen molar-refractivity contribution < 1.29 is 33.4 Å². The summed E-state index contributed by atoms with van der Waals surface area (Å²) >= 11 is 0. The molecule has 4 aromatic heterocycles. The van der Waals surface area contributed by atoms with Gasteiger partial charge in [-0.25, -0.2) is 34.1 Å². The Balaban J connectivity index is 0.000000236. The number of nitrogens with two attached hydrogens (primary N) is 2. The predicted octanol–water partition coefficient (Wildman–Crippen LogP) is 8.23. The van der Waals surface area contributed by atoms with E-state index in [1.807, 2.05) is 88.2 Å². The Hall–Kier alpha value is -9.76. The van der Waals surface area contributed by atoms with Gasteiger partial charge in [0.05, 0.1) is 62.5 Å². The average Bonchev–Trinajstić information content (AvgIpc) is 3.52. The fourth-order valence-electron chi connectivity index (χ4n) is 9.40. The zero-order valence-electron chi connectivity index (χ0n) is 47.5. The lowest BCUT2D eigenvalue weighted by Gasteiger charge is -2.33. The summed E-state index contributed by atoms with van der Waals surface area (Å²) in [6.07, 6.45) is 10.4. The van der Waals surface area contributed by atoms with E-state index in [1.165, 1.54) is 21.5 Å². The number of hydrogen-bond donors (Lipinski definition) is 2. The van der Waals surface area contributed by atoms with Gasteiger partial charge in [-0.2, -0.15) is 10.2 Å². The maximum Gasteiger partial charge on any atom is 0.410 e. The highest BCUT2D eigenvalue weighted by atomic mass is 16.6. The van der Waals surface area contributed by atoms with Crippen LogP contribution in [0.2, 0.25) is 0 Å². The number of amides is 3. The van der Waals surface area contributed by atoms with E-state index in [2.05, 4.69) is 42.1 Å². The smallest absolute Gasteiger partial charge is 0.410 e. The van der Waals surface area contributed by atoms with Gasteiger partial charge in [0.2, 0.25) is 11.8 Å². The van der Waals surface area contributed by atoms with Crippen LogP contribution < -0.4 is 32.1 Å². The first-order chi connectivity index (χ1) is 40.5. The van der Waals surface area contributed by atoms with Crippen molar-refractivity contribution in [3.63, 3.8) is 0 Å². The summed E-state index contributed by atoms with van der Waals surface area (Å²) in [6.45, 7) is 12.8. The first-order valence-electron chi connectivity index (χ1n) is 27.5. The number of aromatic nitrogens is 8. The number of primary amides is 2. The lowest BCUT2D eigenvalue weighted by molar-refractivity contribution is -0.0980. The summed E-state index contributed by atoms with van der Waals surface area (Å²) in [6, 6.07) is 35.2. The molecule has 3 amide bonds. The minimum Gasteiger partial charge on any atom is -0.490 e. The largest absolute Gasteiger partial charge is 0.490 e. The molecule has 0 bridgehead atoms. The number of piperidine rings is 2. The molecule has 0 atom stereocenters. The van der Waals surface area contributed by atoms with Crippen LogP contribution in [0.25, 0.3) is 45.3 Å². The fourth-order valence-corrected chi connectivity index (χ4v) is 9.40. The number of likely N-dealkylation sites (tertiary alicyclic amines) is 2. The van der Waals surface area contributed by atoms with E-state index in [1.54, 1.807) is 78.2 Å². The van der Waals surface area contributed by atoms with Crippen molar-refractivity contribution in [2.24, 2.45) is 23.3 Å². The van der Waals surface area contributed by atoms with Crippen LogP contribution in [0.5, 0.6) is 11.5 Å². The van der Waals surface area contributed by atoms with Gasteiger partial charge in [-0.15, -0.1) is 0 Å². The molecule has 0 aliphatic carbocycles. The van der Waals surface area contributed by atoms with E-state index in [9.17, 15) is 24.0 Å². The molecule has 85 heavy (non-hydrogen) atoms. The Morgan fingerprint density at radius 3 is 1.34 bits per heavy atom. The molecule has 21 nitrogen and oxygen atoms in total. The van der Waals surface area contributed by atoms with Crippen LogP contribution in [0.3, 0.4) is 0 Å². The molecule has 6 heterocycles. The number of nitrogens with zero attached hydrogens (tertiary/aromatic N) is 10. The molecule has 0 unspecified atom stereocenters. The van der Waals surface area contributed by atoms with Crippen LogP contribution >= 0.6 is 0 Å². The maximum absolute atomic E-state index is 12.6. The molecule has 2 saturated heterocycles. The van der Waals surface area contributed by atoms with Crippen molar-refractivity contribution >= 4 is 24.7 Å². The molecule has 0 saturated carbocycles. The number of rotatable bonds is 16.